The van der Waals surface area contributed by atoms with E-state index in [-0.39, 0.29) is 16.8 Å². The molecule has 0 aliphatic heterocycles. The van der Waals surface area contributed by atoms with Crippen LogP contribution < -0.4 is 0 Å². The van der Waals surface area contributed by atoms with Crippen molar-refractivity contribution in [3.05, 3.63) is 33.8 Å². The third kappa shape index (κ3) is 1.78. The molecule has 0 spiro atoms. The van der Waals surface area contributed by atoms with E-state index >= 15 is 0 Å². The van der Waals surface area contributed by atoms with Crippen LogP contribution in [0.3, 0.4) is 0 Å². The summed E-state index contributed by atoms with van der Waals surface area (Å²) in [6.07, 6.45) is 0. The Labute approximate surface area is 92.0 Å². The second-order valence-corrected chi connectivity index (χ2v) is 3.72. The van der Waals surface area contributed by atoms with Crippen LogP contribution in [-0.4, -0.2) is 10.2 Å². The second-order valence-electron chi connectivity index (χ2n) is 2.48. The average molecular weight is 277 g/mol. The fourth-order valence-corrected chi connectivity index (χ4v) is 1.42. The molecule has 0 aliphatic rings. The zero-order valence-corrected chi connectivity index (χ0v) is 9.01. The van der Waals surface area contributed by atoms with Gasteiger partial charge in [-0.15, -0.1) is 5.10 Å². The molecular formula is C8H3BrClFN2O. The second kappa shape index (κ2) is 3.67. The molecule has 0 bridgehead atoms. The zero-order chi connectivity index (χ0) is 10.1. The summed E-state index contributed by atoms with van der Waals surface area (Å²) in [5, 5.41) is 6.89. The highest BCUT2D eigenvalue weighted by atomic mass is 79.9. The maximum Gasteiger partial charge on any atom is 0.313 e. The van der Waals surface area contributed by atoms with E-state index in [2.05, 4.69) is 26.1 Å². The number of hydrogen-bond donors (Lipinski definition) is 0. The smallest absolute Gasteiger partial charge is 0.313 e. The highest BCUT2D eigenvalue weighted by molar-refractivity contribution is 9.10. The maximum atomic E-state index is 13.3. The largest absolute Gasteiger partial charge is 0.407 e. The average Bonchev–Trinajstić information content (AvgIpc) is 2.51. The number of halogens is 3. The van der Waals surface area contributed by atoms with E-state index in [4.69, 9.17) is 16.0 Å². The van der Waals surface area contributed by atoms with Crippen molar-refractivity contribution in [3.8, 4) is 11.5 Å². The number of benzene rings is 1. The van der Waals surface area contributed by atoms with Crippen LogP contribution in [0, 0.1) is 5.82 Å². The predicted octanol–water partition coefficient (Wildman–Crippen LogP) is 3.29. The van der Waals surface area contributed by atoms with Crippen LogP contribution in [0.15, 0.2) is 27.1 Å². The first-order valence-corrected chi connectivity index (χ1v) is 4.78. The van der Waals surface area contributed by atoms with Crippen LogP contribution in [0.4, 0.5) is 4.39 Å². The van der Waals surface area contributed by atoms with Crippen molar-refractivity contribution < 1.29 is 8.81 Å². The Morgan fingerprint density at radius 2 is 2.14 bits per heavy atom. The van der Waals surface area contributed by atoms with Crippen molar-refractivity contribution in [2.45, 2.75) is 0 Å². The Balaban J connectivity index is 2.52. The van der Waals surface area contributed by atoms with Crippen molar-refractivity contribution in [2.24, 2.45) is 0 Å². The minimum absolute atomic E-state index is 0.0694. The van der Waals surface area contributed by atoms with E-state index in [0.717, 1.165) is 0 Å². The van der Waals surface area contributed by atoms with Crippen molar-refractivity contribution in [1.29, 1.82) is 0 Å². The lowest BCUT2D eigenvalue weighted by molar-refractivity contribution is 0.559. The maximum absolute atomic E-state index is 13.3. The van der Waals surface area contributed by atoms with E-state index in [9.17, 15) is 4.39 Å². The van der Waals surface area contributed by atoms with Gasteiger partial charge in [-0.2, -0.15) is 0 Å². The molecule has 0 amide bonds. The first-order chi connectivity index (χ1) is 6.66. The van der Waals surface area contributed by atoms with Gasteiger partial charge >= 0.3 is 5.35 Å². The van der Waals surface area contributed by atoms with Gasteiger partial charge < -0.3 is 4.42 Å². The standard InChI is InChI=1S/C8H3BrClFN2O/c9-4-1-2-5(6(11)3-4)7-12-13-8(10)14-7/h1-3H. The highest BCUT2D eigenvalue weighted by Crippen LogP contribution is 2.25. The lowest BCUT2D eigenvalue weighted by atomic mass is 10.2. The fourth-order valence-electron chi connectivity index (χ4n) is 0.977. The summed E-state index contributed by atoms with van der Waals surface area (Å²) in [6, 6.07) is 4.52. The Hall–Kier alpha value is -0.940. The Morgan fingerprint density at radius 3 is 2.71 bits per heavy atom. The number of hydrogen-bond acceptors (Lipinski definition) is 3. The van der Waals surface area contributed by atoms with Crippen LogP contribution in [0.1, 0.15) is 0 Å². The van der Waals surface area contributed by atoms with E-state index in [1.54, 1.807) is 6.07 Å². The van der Waals surface area contributed by atoms with Gasteiger partial charge in [0.25, 0.3) is 5.89 Å². The molecule has 0 saturated carbocycles. The molecule has 1 aromatic heterocycles. The fraction of sp³-hybridized carbons (Fsp3) is 0. The molecule has 1 aromatic carbocycles. The summed E-state index contributed by atoms with van der Waals surface area (Å²) >= 11 is 8.56. The van der Waals surface area contributed by atoms with Crippen LogP contribution >= 0.6 is 27.5 Å². The molecule has 14 heavy (non-hydrogen) atoms. The Kier molecular flexibility index (Phi) is 2.52. The van der Waals surface area contributed by atoms with Gasteiger partial charge in [-0.25, -0.2) is 4.39 Å². The molecular weight excluding hydrogens is 274 g/mol. The molecule has 0 saturated heterocycles. The Bertz CT molecular complexity index is 474. The Morgan fingerprint density at radius 1 is 1.36 bits per heavy atom. The van der Waals surface area contributed by atoms with Crippen molar-refractivity contribution in [3.63, 3.8) is 0 Å². The third-order valence-electron chi connectivity index (χ3n) is 1.56. The molecule has 3 nitrogen and oxygen atoms in total. The van der Waals surface area contributed by atoms with Gasteiger partial charge in [-0.05, 0) is 29.8 Å². The normalized spacial score (nSPS) is 10.5. The van der Waals surface area contributed by atoms with Gasteiger partial charge in [0.05, 0.1) is 5.56 Å². The molecule has 0 N–H and O–H groups in total. The van der Waals surface area contributed by atoms with Gasteiger partial charge in [0.2, 0.25) is 0 Å². The van der Waals surface area contributed by atoms with E-state index in [1.165, 1.54) is 12.1 Å². The molecule has 0 fully saturated rings. The van der Waals surface area contributed by atoms with Crippen molar-refractivity contribution in [2.75, 3.05) is 0 Å². The van der Waals surface area contributed by atoms with Crippen LogP contribution in [-0.2, 0) is 0 Å². The highest BCUT2D eigenvalue weighted by Gasteiger charge is 2.11. The van der Waals surface area contributed by atoms with E-state index < -0.39 is 5.82 Å². The summed E-state index contributed by atoms with van der Waals surface area (Å²) < 4.78 is 18.9. The number of rotatable bonds is 1. The molecule has 0 unspecified atom stereocenters. The summed E-state index contributed by atoms with van der Waals surface area (Å²) in [7, 11) is 0. The third-order valence-corrected chi connectivity index (χ3v) is 2.21. The molecule has 2 aromatic rings. The van der Waals surface area contributed by atoms with E-state index in [1.807, 2.05) is 0 Å². The van der Waals surface area contributed by atoms with Crippen molar-refractivity contribution >= 4 is 27.5 Å². The predicted molar refractivity (Wildman–Crippen MR) is 52.4 cm³/mol. The first-order valence-electron chi connectivity index (χ1n) is 3.61. The SMILES string of the molecule is Fc1cc(Br)ccc1-c1nnc(Cl)o1. The number of aromatic nitrogens is 2. The van der Waals surface area contributed by atoms with Gasteiger partial charge in [0, 0.05) is 4.47 Å². The molecule has 2 rings (SSSR count). The topological polar surface area (TPSA) is 38.9 Å². The summed E-state index contributed by atoms with van der Waals surface area (Å²) in [5.41, 5.74) is 0.229. The van der Waals surface area contributed by atoms with Crippen molar-refractivity contribution in [1.82, 2.24) is 10.2 Å². The first kappa shape index (κ1) is 9.61. The quantitative estimate of drug-likeness (QED) is 0.803. The lowest BCUT2D eigenvalue weighted by Gasteiger charge is -1.97. The van der Waals surface area contributed by atoms with Gasteiger partial charge in [0.15, 0.2) is 0 Å². The zero-order valence-electron chi connectivity index (χ0n) is 6.67. The monoisotopic (exact) mass is 276 g/mol. The molecule has 0 aliphatic carbocycles. The molecule has 1 heterocycles. The number of nitrogens with zero attached hydrogens (tertiary/aromatic N) is 2. The van der Waals surface area contributed by atoms with Gasteiger partial charge in [-0.1, -0.05) is 21.0 Å². The summed E-state index contributed by atoms with van der Waals surface area (Å²) in [5.74, 6) is -0.375. The van der Waals surface area contributed by atoms with Crippen LogP contribution in [0.25, 0.3) is 11.5 Å². The summed E-state index contributed by atoms with van der Waals surface area (Å²) in [6.45, 7) is 0. The summed E-state index contributed by atoms with van der Waals surface area (Å²) in [4.78, 5) is 0. The lowest BCUT2D eigenvalue weighted by Crippen LogP contribution is -1.84. The minimum Gasteiger partial charge on any atom is -0.407 e. The van der Waals surface area contributed by atoms with Crippen LogP contribution in [0.2, 0.25) is 5.35 Å². The molecule has 0 atom stereocenters. The minimum atomic E-state index is -0.445. The molecule has 6 heteroatoms. The van der Waals surface area contributed by atoms with Gasteiger partial charge in [-0.3, -0.25) is 0 Å². The molecule has 72 valence electrons. The van der Waals surface area contributed by atoms with Gasteiger partial charge in [0.1, 0.15) is 5.82 Å². The molecule has 0 radical (unpaired) electrons. The van der Waals surface area contributed by atoms with E-state index in [0.29, 0.717) is 4.47 Å². The van der Waals surface area contributed by atoms with Crippen LogP contribution in [0.5, 0.6) is 0 Å².